The van der Waals surface area contributed by atoms with E-state index in [1.807, 2.05) is 34.6 Å². The van der Waals surface area contributed by atoms with Gasteiger partial charge in [-0.2, -0.15) is 0 Å². The summed E-state index contributed by atoms with van der Waals surface area (Å²) in [6, 6.07) is 0. The topological polar surface area (TPSA) is 37.4 Å². The van der Waals surface area contributed by atoms with Crippen LogP contribution in [0.15, 0.2) is 0 Å². The van der Waals surface area contributed by atoms with E-state index in [2.05, 4.69) is 102 Å². The van der Waals surface area contributed by atoms with E-state index in [9.17, 15) is 9.59 Å². The van der Waals surface area contributed by atoms with Crippen LogP contribution in [0.2, 0.25) is 0 Å². The number of carbonyl (C=O) groups excluding carboxylic acids is 2. The van der Waals surface area contributed by atoms with Crippen LogP contribution in [0.4, 0.5) is 0 Å². The number of carbonyl (C=O) groups is 2. The van der Waals surface area contributed by atoms with Crippen molar-refractivity contribution in [2.45, 2.75) is 228 Å². The summed E-state index contributed by atoms with van der Waals surface area (Å²) in [6.45, 7) is 41.6. The van der Waals surface area contributed by atoms with Gasteiger partial charge in [0.15, 0.2) is 0 Å². The molecule has 3 nitrogen and oxygen atoms in total. The van der Waals surface area contributed by atoms with Gasteiger partial charge in [-0.05, 0) is 93.7 Å². The number of Topliss-reactive ketones (excluding diaryl/α,β-unsaturated/α-hetero) is 2. The highest BCUT2D eigenvalue weighted by Gasteiger charge is 2.31. The molecule has 0 aromatic rings. The molecular weight excluding hydrogens is 647 g/mol. The second-order valence-corrected chi connectivity index (χ2v) is 19.6. The average Bonchev–Trinajstić information content (AvgIpc) is 3.66. The van der Waals surface area contributed by atoms with Gasteiger partial charge in [0.2, 0.25) is 0 Å². The summed E-state index contributed by atoms with van der Waals surface area (Å²) in [5, 5.41) is 0. The van der Waals surface area contributed by atoms with Crippen molar-refractivity contribution >= 4 is 11.6 Å². The minimum atomic E-state index is 0.131. The number of ketones is 2. The van der Waals surface area contributed by atoms with Crippen molar-refractivity contribution < 1.29 is 9.59 Å². The molecule has 0 N–H and O–H groups in total. The second-order valence-electron chi connectivity index (χ2n) is 19.6. The molecular formula is C50H105NO2. The molecule has 3 fully saturated rings. The summed E-state index contributed by atoms with van der Waals surface area (Å²) in [5.74, 6) is 8.32. The lowest BCUT2D eigenvalue weighted by molar-refractivity contribution is -0.124. The van der Waals surface area contributed by atoms with Crippen molar-refractivity contribution in [3.05, 3.63) is 0 Å². The Morgan fingerprint density at radius 2 is 0.792 bits per heavy atom. The first-order valence-corrected chi connectivity index (χ1v) is 23.1. The Bertz CT molecular complexity index is 758. The Morgan fingerprint density at radius 1 is 0.528 bits per heavy atom. The molecule has 0 spiro atoms. The monoisotopic (exact) mass is 752 g/mol. The molecule has 3 saturated carbocycles. The maximum Gasteiger partial charge on any atom is 0.133 e. The summed E-state index contributed by atoms with van der Waals surface area (Å²) in [7, 11) is 4.23. The van der Waals surface area contributed by atoms with Gasteiger partial charge < -0.3 is 4.90 Å². The average molecular weight is 752 g/mol. The molecule has 0 radical (unpaired) electrons. The van der Waals surface area contributed by atoms with E-state index in [1.165, 1.54) is 103 Å². The highest BCUT2D eigenvalue weighted by Crippen LogP contribution is 2.35. The van der Waals surface area contributed by atoms with E-state index in [4.69, 9.17) is 0 Å². The smallest absolute Gasteiger partial charge is 0.133 e. The normalized spacial score (nSPS) is 17.3. The molecule has 3 rings (SSSR count). The lowest BCUT2D eigenvalue weighted by atomic mass is 9.70. The fourth-order valence-corrected chi connectivity index (χ4v) is 6.77. The second kappa shape index (κ2) is 35.7. The molecule has 53 heavy (non-hydrogen) atoms. The van der Waals surface area contributed by atoms with Crippen LogP contribution in [-0.4, -0.2) is 37.1 Å². The Labute approximate surface area is 338 Å². The van der Waals surface area contributed by atoms with E-state index in [-0.39, 0.29) is 23.0 Å². The van der Waals surface area contributed by atoms with Gasteiger partial charge in [-0.15, -0.1) is 0 Å². The number of rotatable bonds is 10. The van der Waals surface area contributed by atoms with E-state index < -0.39 is 0 Å². The summed E-state index contributed by atoms with van der Waals surface area (Å²) >= 11 is 0. The Kier molecular flexibility index (Phi) is 39.7. The largest absolute Gasteiger partial charge is 0.309 e. The van der Waals surface area contributed by atoms with Gasteiger partial charge in [-0.25, -0.2) is 0 Å². The molecule has 0 aromatic heterocycles. The van der Waals surface area contributed by atoms with Crippen LogP contribution >= 0.6 is 0 Å². The van der Waals surface area contributed by atoms with Crippen molar-refractivity contribution in [1.29, 1.82) is 0 Å². The summed E-state index contributed by atoms with van der Waals surface area (Å²) in [5.41, 5.74) is 0.131. The van der Waals surface area contributed by atoms with Crippen molar-refractivity contribution in [2.75, 3.05) is 20.6 Å². The van der Waals surface area contributed by atoms with Crippen molar-refractivity contribution in [2.24, 2.45) is 64.6 Å². The predicted molar refractivity (Wildman–Crippen MR) is 243 cm³/mol. The van der Waals surface area contributed by atoms with Gasteiger partial charge >= 0.3 is 0 Å². The van der Waals surface area contributed by atoms with E-state index in [0.717, 1.165) is 41.4 Å². The van der Waals surface area contributed by atoms with Gasteiger partial charge in [-0.3, -0.25) is 9.59 Å². The number of hydrogen-bond donors (Lipinski definition) is 0. The van der Waals surface area contributed by atoms with Gasteiger partial charge in [0, 0.05) is 11.8 Å². The third-order valence-electron chi connectivity index (χ3n) is 12.7. The first-order valence-electron chi connectivity index (χ1n) is 23.1. The molecule has 0 aromatic carbocycles. The zero-order valence-corrected chi connectivity index (χ0v) is 40.9. The third kappa shape index (κ3) is 35.5. The van der Waals surface area contributed by atoms with Gasteiger partial charge in [-0.1, -0.05) is 208 Å². The van der Waals surface area contributed by atoms with E-state index >= 15 is 0 Å². The third-order valence-corrected chi connectivity index (χ3v) is 12.7. The standard InChI is InChI=1S/C10H20O.2C9H18.C8H16.C7H17N.C5H10O.C2H6/c1-7(2)10(5,6)8(3)9(4)11;2*1-8(2)9-6-4-3-5-7-9;1-7(2)8-5-3-4-6-8;1-7(2)5-6-8(3)4;1-4(2)5(3)6;1-2/h7-8H,1-6H3;2*8-9H,3-7H2,1-2H3;7-8H,3-6H2,1-2H3;7H,5-6H2,1-4H3;4H,1-3H3;1-2H3. The highest BCUT2D eigenvalue weighted by molar-refractivity contribution is 5.78. The predicted octanol–water partition coefficient (Wildman–Crippen LogP) is 16.0. The maximum absolute atomic E-state index is 11.1. The van der Waals surface area contributed by atoms with Crippen LogP contribution in [0.3, 0.4) is 0 Å². The summed E-state index contributed by atoms with van der Waals surface area (Å²) in [6.07, 6.45) is 22.2. The lowest BCUT2D eigenvalue weighted by Gasteiger charge is -2.34. The fraction of sp³-hybridized carbons (Fsp3) is 0.960. The number of hydrogen-bond acceptors (Lipinski definition) is 3. The van der Waals surface area contributed by atoms with Gasteiger partial charge in [0.1, 0.15) is 11.6 Å². The van der Waals surface area contributed by atoms with Crippen LogP contribution in [0.5, 0.6) is 0 Å². The molecule has 3 aliphatic carbocycles. The molecule has 0 heterocycles. The van der Waals surface area contributed by atoms with Crippen LogP contribution in [0, 0.1) is 64.6 Å². The summed E-state index contributed by atoms with van der Waals surface area (Å²) in [4.78, 5) is 23.5. The van der Waals surface area contributed by atoms with Crippen LogP contribution < -0.4 is 0 Å². The zero-order valence-electron chi connectivity index (χ0n) is 40.9. The van der Waals surface area contributed by atoms with E-state index in [0.29, 0.717) is 11.7 Å². The van der Waals surface area contributed by atoms with Gasteiger partial charge in [0.25, 0.3) is 0 Å². The molecule has 3 aliphatic rings. The zero-order chi connectivity index (χ0) is 42.3. The minimum Gasteiger partial charge on any atom is -0.309 e. The molecule has 3 heteroatoms. The van der Waals surface area contributed by atoms with Crippen molar-refractivity contribution in [3.63, 3.8) is 0 Å². The minimum absolute atomic E-state index is 0.131. The number of nitrogens with zero attached hydrogens (tertiary/aromatic N) is 1. The SMILES string of the molecule is CC.CC(=O)C(C)C.CC(=O)C(C)C(C)(C)C(C)C.CC(C)C1CCCC1.CC(C)C1CCCCC1.CC(C)C1CCCCC1.CC(C)CCN(C)C. The van der Waals surface area contributed by atoms with Crippen molar-refractivity contribution in [1.82, 2.24) is 4.90 Å². The van der Waals surface area contributed by atoms with Crippen LogP contribution in [-0.2, 0) is 9.59 Å². The Hall–Kier alpha value is -0.700. The maximum atomic E-state index is 11.1. The Morgan fingerprint density at radius 3 is 0.906 bits per heavy atom. The van der Waals surface area contributed by atoms with Gasteiger partial charge in [0.05, 0.1) is 0 Å². The van der Waals surface area contributed by atoms with Crippen LogP contribution in [0.1, 0.15) is 228 Å². The Balaban J connectivity index is -0.000000271. The lowest BCUT2D eigenvalue weighted by Crippen LogP contribution is -2.31. The molecule has 1 unspecified atom stereocenters. The first kappa shape index (κ1) is 59.0. The molecule has 322 valence electrons. The molecule has 0 amide bonds. The van der Waals surface area contributed by atoms with E-state index in [1.54, 1.807) is 13.8 Å². The molecule has 0 aliphatic heterocycles. The molecule has 1 atom stereocenters. The van der Waals surface area contributed by atoms with Crippen LogP contribution in [0.25, 0.3) is 0 Å². The van der Waals surface area contributed by atoms with Crippen molar-refractivity contribution in [3.8, 4) is 0 Å². The molecule has 0 bridgehead atoms. The first-order chi connectivity index (χ1) is 24.5. The molecule has 0 saturated heterocycles. The summed E-state index contributed by atoms with van der Waals surface area (Å²) < 4.78 is 0. The fourth-order valence-electron chi connectivity index (χ4n) is 6.77. The highest BCUT2D eigenvalue weighted by atomic mass is 16.1. The quantitative estimate of drug-likeness (QED) is 0.223.